The number of ether oxygens (including phenoxy) is 2. The van der Waals surface area contributed by atoms with Crippen LogP contribution in [0.5, 0.6) is 5.75 Å². The third-order valence-corrected chi connectivity index (χ3v) is 5.08. The molecule has 1 aromatic rings. The number of carbonyl (C=O) groups is 1. The summed E-state index contributed by atoms with van der Waals surface area (Å²) in [5, 5.41) is 7.35. The van der Waals surface area contributed by atoms with Crippen molar-refractivity contribution in [1.82, 2.24) is 4.72 Å². The Morgan fingerprint density at radius 2 is 2.00 bits per heavy atom. The number of nitrogens with one attached hydrogen (secondary N) is 1. The van der Waals surface area contributed by atoms with Crippen LogP contribution in [0.1, 0.15) is 20.8 Å². The molecule has 25 heavy (non-hydrogen) atoms. The Morgan fingerprint density at radius 3 is 2.52 bits per heavy atom. The van der Waals surface area contributed by atoms with Crippen molar-refractivity contribution >= 4 is 31.9 Å². The van der Waals surface area contributed by atoms with E-state index in [0.717, 1.165) is 0 Å². The lowest BCUT2D eigenvalue weighted by Gasteiger charge is -2.27. The normalized spacial score (nSPS) is 19.9. The van der Waals surface area contributed by atoms with Gasteiger partial charge in [0.15, 0.2) is 0 Å². The number of halogens is 1. The first-order valence-electron chi connectivity index (χ1n) is 7.20. The number of sulfonamides is 1. The molecule has 1 atom stereocenters. The van der Waals surface area contributed by atoms with Gasteiger partial charge in [0, 0.05) is 10.5 Å². The Bertz CT molecular complexity index is 831. The number of azo groups is 1. The van der Waals surface area contributed by atoms with E-state index in [-0.39, 0.29) is 10.6 Å². The number of esters is 1. The molecule has 1 N–H and O–H groups in total. The van der Waals surface area contributed by atoms with Gasteiger partial charge in [0.25, 0.3) is 0 Å². The lowest BCUT2D eigenvalue weighted by molar-refractivity contribution is -0.165. The molecular formula is C15H18BrN3O5S. The Morgan fingerprint density at radius 1 is 1.32 bits per heavy atom. The molecule has 0 spiro atoms. The maximum atomic E-state index is 12.8. The zero-order chi connectivity index (χ0) is 18.9. The number of rotatable bonds is 5. The third-order valence-electron chi connectivity index (χ3n) is 3.13. The van der Waals surface area contributed by atoms with Crippen LogP contribution in [0.25, 0.3) is 0 Å². The first kappa shape index (κ1) is 19.5. The maximum Gasteiger partial charge on any atom is 0.314 e. The summed E-state index contributed by atoms with van der Waals surface area (Å²) in [5.41, 5.74) is -0.849. The minimum atomic E-state index is -4.15. The fraction of sp³-hybridized carbons (Fsp3) is 0.400. The summed E-state index contributed by atoms with van der Waals surface area (Å²) in [5.74, 6) is -2.44. The summed E-state index contributed by atoms with van der Waals surface area (Å²) in [4.78, 5) is 12.1. The summed E-state index contributed by atoms with van der Waals surface area (Å²) in [6.07, 6.45) is 2.50. The van der Waals surface area contributed by atoms with Crippen LogP contribution in [0.3, 0.4) is 0 Å². The van der Waals surface area contributed by atoms with E-state index in [1.807, 2.05) is 0 Å². The Balaban J connectivity index is 2.40. The van der Waals surface area contributed by atoms with Crippen LogP contribution in [0.2, 0.25) is 0 Å². The number of carbonyl (C=O) groups excluding carboxylic acids is 1. The van der Waals surface area contributed by atoms with E-state index in [1.165, 1.54) is 31.5 Å². The number of benzene rings is 1. The van der Waals surface area contributed by atoms with Gasteiger partial charge in [0.2, 0.25) is 10.0 Å². The molecule has 1 aromatic carbocycles. The van der Waals surface area contributed by atoms with Crippen LogP contribution in [-0.4, -0.2) is 27.3 Å². The topological polar surface area (TPSA) is 106 Å². The van der Waals surface area contributed by atoms with E-state index in [2.05, 4.69) is 30.9 Å². The second-order valence-corrected chi connectivity index (χ2v) is 8.83. The van der Waals surface area contributed by atoms with Crippen LogP contribution < -0.4 is 9.46 Å². The third kappa shape index (κ3) is 4.44. The smallest absolute Gasteiger partial charge is 0.314 e. The van der Waals surface area contributed by atoms with Crippen LogP contribution in [0.4, 0.5) is 0 Å². The zero-order valence-corrected chi connectivity index (χ0v) is 16.5. The van der Waals surface area contributed by atoms with Crippen molar-refractivity contribution < 1.29 is 22.7 Å². The number of hydrogen-bond acceptors (Lipinski definition) is 7. The van der Waals surface area contributed by atoms with Crippen molar-refractivity contribution in [1.29, 1.82) is 0 Å². The highest BCUT2D eigenvalue weighted by atomic mass is 79.9. The quantitative estimate of drug-likeness (QED) is 0.569. The van der Waals surface area contributed by atoms with Crippen molar-refractivity contribution in [2.24, 2.45) is 15.6 Å². The highest BCUT2D eigenvalue weighted by molar-refractivity contribution is 9.10. The van der Waals surface area contributed by atoms with Gasteiger partial charge in [-0.15, -0.1) is 9.84 Å². The van der Waals surface area contributed by atoms with Crippen LogP contribution >= 0.6 is 15.9 Å². The Labute approximate surface area is 154 Å². The second-order valence-electron chi connectivity index (χ2n) is 6.27. The van der Waals surface area contributed by atoms with Crippen molar-refractivity contribution in [3.63, 3.8) is 0 Å². The number of hydrogen-bond donors (Lipinski definition) is 1. The van der Waals surface area contributed by atoms with Crippen molar-refractivity contribution in [3.8, 4) is 5.75 Å². The highest BCUT2D eigenvalue weighted by Gasteiger charge is 2.42. The summed E-state index contributed by atoms with van der Waals surface area (Å²) < 4.78 is 38.8. The predicted octanol–water partition coefficient (Wildman–Crippen LogP) is 2.96. The summed E-state index contributed by atoms with van der Waals surface area (Å²) in [6.45, 7) is 4.93. The fourth-order valence-corrected chi connectivity index (χ4v) is 3.68. The molecule has 2 rings (SSSR count). The number of methoxy groups -OCH3 is 1. The summed E-state index contributed by atoms with van der Waals surface area (Å²) >= 11 is 3.22. The molecule has 0 fully saturated rings. The largest absolute Gasteiger partial charge is 0.495 e. The molecule has 0 amide bonds. The molecule has 0 saturated heterocycles. The van der Waals surface area contributed by atoms with Gasteiger partial charge >= 0.3 is 11.8 Å². The first-order chi connectivity index (χ1) is 11.5. The second kappa shape index (κ2) is 6.85. The highest BCUT2D eigenvalue weighted by Crippen LogP contribution is 2.31. The Hall–Kier alpha value is -1.78. The first-order valence-corrected chi connectivity index (χ1v) is 9.47. The molecule has 0 aromatic heterocycles. The monoisotopic (exact) mass is 431 g/mol. The molecule has 0 radical (unpaired) electrons. The average molecular weight is 432 g/mol. The summed E-state index contributed by atoms with van der Waals surface area (Å²) in [6, 6.07) is 4.51. The molecule has 1 heterocycles. The van der Waals surface area contributed by atoms with E-state index >= 15 is 0 Å². The lowest BCUT2D eigenvalue weighted by Crippen LogP contribution is -2.49. The fourth-order valence-electron chi connectivity index (χ4n) is 1.82. The van der Waals surface area contributed by atoms with Crippen molar-refractivity contribution in [2.75, 3.05) is 7.11 Å². The molecule has 1 aliphatic rings. The van der Waals surface area contributed by atoms with E-state index in [1.54, 1.807) is 26.8 Å². The predicted molar refractivity (Wildman–Crippen MR) is 93.3 cm³/mol. The molecule has 8 nitrogen and oxygen atoms in total. The van der Waals surface area contributed by atoms with E-state index in [0.29, 0.717) is 4.47 Å². The SMILES string of the molecule is COc1ccc(Br)cc1S(=O)(=O)NC1(OC(=O)C(C)(C)C)C=CN=N1. The van der Waals surface area contributed by atoms with Gasteiger partial charge in [-0.3, -0.25) is 4.79 Å². The molecule has 136 valence electrons. The van der Waals surface area contributed by atoms with Crippen LogP contribution in [-0.2, 0) is 19.6 Å². The average Bonchev–Trinajstić information content (AvgIpc) is 2.93. The van der Waals surface area contributed by atoms with Crippen molar-refractivity contribution in [3.05, 3.63) is 34.9 Å². The van der Waals surface area contributed by atoms with Gasteiger partial charge in [-0.2, -0.15) is 5.11 Å². The van der Waals surface area contributed by atoms with E-state index in [4.69, 9.17) is 9.47 Å². The molecule has 10 heteroatoms. The van der Waals surface area contributed by atoms with E-state index in [9.17, 15) is 13.2 Å². The minimum absolute atomic E-state index is 0.131. The minimum Gasteiger partial charge on any atom is -0.495 e. The zero-order valence-electron chi connectivity index (χ0n) is 14.1. The summed E-state index contributed by atoms with van der Waals surface area (Å²) in [7, 11) is -2.79. The van der Waals surface area contributed by atoms with Crippen LogP contribution in [0.15, 0.2) is 50.1 Å². The molecule has 0 bridgehead atoms. The lowest BCUT2D eigenvalue weighted by atomic mass is 9.97. The van der Waals surface area contributed by atoms with Gasteiger partial charge in [-0.25, -0.2) is 8.42 Å². The maximum absolute atomic E-state index is 12.8. The van der Waals surface area contributed by atoms with E-state index < -0.39 is 27.3 Å². The number of nitrogens with zero attached hydrogens (tertiary/aromatic N) is 2. The van der Waals surface area contributed by atoms with Crippen LogP contribution in [0, 0.1) is 5.41 Å². The van der Waals surface area contributed by atoms with Gasteiger partial charge in [-0.1, -0.05) is 15.9 Å². The molecule has 1 aliphatic heterocycles. The van der Waals surface area contributed by atoms with Gasteiger partial charge < -0.3 is 9.47 Å². The molecular weight excluding hydrogens is 414 g/mol. The van der Waals surface area contributed by atoms with Gasteiger partial charge in [-0.05, 0) is 39.0 Å². The molecule has 0 aliphatic carbocycles. The molecule has 1 unspecified atom stereocenters. The Kier molecular flexibility index (Phi) is 5.35. The van der Waals surface area contributed by atoms with Gasteiger partial charge in [0.1, 0.15) is 10.6 Å². The standard InChI is InChI=1S/C15H18BrN3O5S/c1-14(2,3)13(20)24-15(7-8-17-18-15)19-25(21,22)12-9-10(16)5-6-11(12)23-4/h5-9,19H,1-4H3. The molecule has 0 saturated carbocycles. The van der Waals surface area contributed by atoms with Crippen molar-refractivity contribution in [2.45, 2.75) is 31.5 Å². The van der Waals surface area contributed by atoms with Gasteiger partial charge in [0.05, 0.1) is 18.7 Å².